The van der Waals surface area contributed by atoms with E-state index in [4.69, 9.17) is 10.6 Å². The number of nitrogens with zero attached hydrogens (tertiary/aromatic N) is 1. The first-order valence-corrected chi connectivity index (χ1v) is 4.92. The molecule has 4 nitrogen and oxygen atoms in total. The van der Waals surface area contributed by atoms with E-state index in [-0.39, 0.29) is 0 Å². The molecule has 0 amide bonds. The molecule has 1 fully saturated rings. The van der Waals surface area contributed by atoms with Crippen LogP contribution in [0.4, 0.5) is 5.82 Å². The Morgan fingerprint density at radius 3 is 3.00 bits per heavy atom. The van der Waals surface area contributed by atoms with E-state index in [9.17, 15) is 0 Å². The molecule has 1 heterocycles. The van der Waals surface area contributed by atoms with Crippen LogP contribution in [0, 0.1) is 0 Å². The summed E-state index contributed by atoms with van der Waals surface area (Å²) >= 11 is 0. The predicted octanol–water partition coefficient (Wildman–Crippen LogP) is 1.44. The van der Waals surface area contributed by atoms with Crippen LogP contribution in [0.2, 0.25) is 0 Å². The Morgan fingerprint density at radius 1 is 1.50 bits per heavy atom. The van der Waals surface area contributed by atoms with Crippen molar-refractivity contribution in [1.29, 1.82) is 0 Å². The van der Waals surface area contributed by atoms with Crippen molar-refractivity contribution in [3.8, 4) is 0 Å². The minimum atomic E-state index is 0.450. The molecular weight excluding hydrogens is 178 g/mol. The molecule has 0 unspecified atom stereocenters. The van der Waals surface area contributed by atoms with E-state index >= 15 is 0 Å². The molecule has 1 aromatic rings. The zero-order chi connectivity index (χ0) is 9.80. The monoisotopic (exact) mass is 193 g/mol. The first-order valence-electron chi connectivity index (χ1n) is 4.92. The van der Waals surface area contributed by atoms with Gasteiger partial charge in [0, 0.05) is 0 Å². The summed E-state index contributed by atoms with van der Waals surface area (Å²) in [6.45, 7) is 0.584. The number of hydrazine groups is 1. The SMILES string of the molecule is NNc1cccc(COC2CCC2)n1. The fourth-order valence-electron chi connectivity index (χ4n) is 1.38. The third-order valence-corrected chi connectivity index (χ3v) is 2.47. The number of nitrogens with one attached hydrogen (secondary N) is 1. The number of aromatic nitrogens is 1. The molecule has 0 spiro atoms. The van der Waals surface area contributed by atoms with Crippen molar-refractivity contribution in [2.75, 3.05) is 5.43 Å². The Balaban J connectivity index is 1.87. The molecule has 0 saturated heterocycles. The molecule has 76 valence electrons. The van der Waals surface area contributed by atoms with Gasteiger partial charge in [0.25, 0.3) is 0 Å². The van der Waals surface area contributed by atoms with Gasteiger partial charge in [-0.3, -0.25) is 0 Å². The van der Waals surface area contributed by atoms with Gasteiger partial charge in [0.05, 0.1) is 18.4 Å². The Labute approximate surface area is 83.4 Å². The standard InChI is InChI=1S/C10H15N3O/c11-13-10-6-1-3-8(12-10)7-14-9-4-2-5-9/h1,3,6,9H,2,4-5,7,11H2,(H,12,13). The number of rotatable bonds is 4. The Hall–Kier alpha value is -1.13. The van der Waals surface area contributed by atoms with Gasteiger partial charge < -0.3 is 10.2 Å². The summed E-state index contributed by atoms with van der Waals surface area (Å²) in [6.07, 6.45) is 4.12. The topological polar surface area (TPSA) is 60.2 Å². The molecule has 1 aromatic heterocycles. The van der Waals surface area contributed by atoms with Gasteiger partial charge in [0.15, 0.2) is 0 Å². The van der Waals surface area contributed by atoms with Crippen molar-refractivity contribution in [2.24, 2.45) is 5.84 Å². The summed E-state index contributed by atoms with van der Waals surface area (Å²) in [4.78, 5) is 4.26. The maximum absolute atomic E-state index is 5.63. The molecule has 3 N–H and O–H groups in total. The molecule has 0 radical (unpaired) electrons. The Morgan fingerprint density at radius 2 is 2.36 bits per heavy atom. The molecule has 0 atom stereocenters. The maximum Gasteiger partial charge on any atom is 0.140 e. The van der Waals surface area contributed by atoms with Crippen molar-refractivity contribution in [3.05, 3.63) is 23.9 Å². The average Bonchev–Trinajstić information content (AvgIpc) is 2.16. The second-order valence-corrected chi connectivity index (χ2v) is 3.52. The van der Waals surface area contributed by atoms with Gasteiger partial charge in [0.2, 0.25) is 0 Å². The molecule has 1 saturated carbocycles. The highest BCUT2D eigenvalue weighted by molar-refractivity contribution is 5.33. The number of ether oxygens (including phenoxy) is 1. The van der Waals surface area contributed by atoms with Gasteiger partial charge in [-0.15, -0.1) is 0 Å². The third kappa shape index (κ3) is 2.21. The molecule has 1 aliphatic rings. The number of pyridine rings is 1. The molecule has 0 bridgehead atoms. The molecule has 0 aromatic carbocycles. The minimum absolute atomic E-state index is 0.450. The van der Waals surface area contributed by atoms with Crippen LogP contribution >= 0.6 is 0 Å². The molecular formula is C10H15N3O. The highest BCUT2D eigenvalue weighted by atomic mass is 16.5. The molecule has 14 heavy (non-hydrogen) atoms. The molecule has 2 rings (SSSR count). The first kappa shape index (κ1) is 9.43. The van der Waals surface area contributed by atoms with E-state index in [2.05, 4.69) is 10.4 Å². The van der Waals surface area contributed by atoms with Crippen LogP contribution in [0.5, 0.6) is 0 Å². The highest BCUT2D eigenvalue weighted by Crippen LogP contribution is 2.22. The molecule has 0 aliphatic heterocycles. The lowest BCUT2D eigenvalue weighted by Crippen LogP contribution is -2.21. The number of hydrogen-bond donors (Lipinski definition) is 2. The predicted molar refractivity (Wildman–Crippen MR) is 54.5 cm³/mol. The first-order chi connectivity index (χ1) is 6.88. The summed E-state index contributed by atoms with van der Waals surface area (Å²) < 4.78 is 5.63. The summed E-state index contributed by atoms with van der Waals surface area (Å²) in [5, 5.41) is 0. The van der Waals surface area contributed by atoms with Gasteiger partial charge in [0.1, 0.15) is 5.82 Å². The van der Waals surface area contributed by atoms with Gasteiger partial charge in [-0.1, -0.05) is 6.07 Å². The lowest BCUT2D eigenvalue weighted by atomic mass is 9.96. The fraction of sp³-hybridized carbons (Fsp3) is 0.500. The van der Waals surface area contributed by atoms with Crippen LogP contribution in [0.3, 0.4) is 0 Å². The highest BCUT2D eigenvalue weighted by Gasteiger charge is 2.17. The van der Waals surface area contributed by atoms with Crippen molar-refractivity contribution in [1.82, 2.24) is 4.98 Å². The van der Waals surface area contributed by atoms with E-state index in [0.29, 0.717) is 18.5 Å². The Bertz CT molecular complexity index is 299. The number of hydrogen-bond acceptors (Lipinski definition) is 4. The van der Waals surface area contributed by atoms with Crippen molar-refractivity contribution in [2.45, 2.75) is 32.0 Å². The van der Waals surface area contributed by atoms with E-state index in [0.717, 1.165) is 5.69 Å². The van der Waals surface area contributed by atoms with E-state index < -0.39 is 0 Å². The number of nitrogens with two attached hydrogens (primary N) is 1. The zero-order valence-corrected chi connectivity index (χ0v) is 8.07. The van der Waals surface area contributed by atoms with Gasteiger partial charge >= 0.3 is 0 Å². The van der Waals surface area contributed by atoms with E-state index in [1.165, 1.54) is 19.3 Å². The van der Waals surface area contributed by atoms with E-state index in [1.54, 1.807) is 0 Å². The lowest BCUT2D eigenvalue weighted by molar-refractivity contribution is -0.0100. The lowest BCUT2D eigenvalue weighted by Gasteiger charge is -2.25. The van der Waals surface area contributed by atoms with Crippen molar-refractivity contribution < 1.29 is 4.74 Å². The average molecular weight is 193 g/mol. The zero-order valence-electron chi connectivity index (χ0n) is 8.07. The smallest absolute Gasteiger partial charge is 0.140 e. The van der Waals surface area contributed by atoms with Crippen molar-refractivity contribution >= 4 is 5.82 Å². The number of nitrogen functional groups attached to an aromatic ring is 1. The van der Waals surface area contributed by atoms with Crippen LogP contribution in [0.1, 0.15) is 25.0 Å². The molecule has 1 aliphatic carbocycles. The summed E-state index contributed by atoms with van der Waals surface area (Å²) in [7, 11) is 0. The van der Waals surface area contributed by atoms with Crippen LogP contribution < -0.4 is 11.3 Å². The van der Waals surface area contributed by atoms with Crippen LogP contribution in [-0.4, -0.2) is 11.1 Å². The van der Waals surface area contributed by atoms with Crippen molar-refractivity contribution in [3.63, 3.8) is 0 Å². The quantitative estimate of drug-likeness (QED) is 0.561. The van der Waals surface area contributed by atoms with Gasteiger partial charge in [-0.05, 0) is 31.4 Å². The van der Waals surface area contributed by atoms with Crippen LogP contribution in [0.15, 0.2) is 18.2 Å². The second kappa shape index (κ2) is 4.39. The summed E-state index contributed by atoms with van der Waals surface area (Å²) in [5.41, 5.74) is 3.44. The molecule has 4 heteroatoms. The largest absolute Gasteiger partial charge is 0.372 e. The number of anilines is 1. The van der Waals surface area contributed by atoms with Crippen LogP contribution in [-0.2, 0) is 11.3 Å². The summed E-state index contributed by atoms with van der Waals surface area (Å²) in [5.74, 6) is 5.94. The maximum atomic E-state index is 5.63. The van der Waals surface area contributed by atoms with E-state index in [1.807, 2.05) is 18.2 Å². The summed E-state index contributed by atoms with van der Waals surface area (Å²) in [6, 6.07) is 5.69. The van der Waals surface area contributed by atoms with Gasteiger partial charge in [-0.2, -0.15) is 0 Å². The van der Waals surface area contributed by atoms with Gasteiger partial charge in [-0.25, -0.2) is 10.8 Å². The normalized spacial score (nSPS) is 16.4. The third-order valence-electron chi connectivity index (χ3n) is 2.47. The van der Waals surface area contributed by atoms with Crippen LogP contribution in [0.25, 0.3) is 0 Å². The second-order valence-electron chi connectivity index (χ2n) is 3.52. The minimum Gasteiger partial charge on any atom is -0.372 e. The Kier molecular flexibility index (Phi) is 2.96. The fourth-order valence-corrected chi connectivity index (χ4v) is 1.38.